The molecule has 1 heterocycles. The SMILES string of the molecule is Cc1cccc(C(Nc2ccc3c(N)nccc3c2)(OC(=O)C(F)(F)F)C(=O)NCc2ccccc2S(=O)(=O)C2CC2)c1. The van der Waals surface area contributed by atoms with E-state index in [1.54, 1.807) is 37.3 Å². The van der Waals surface area contributed by atoms with Crippen molar-refractivity contribution in [2.45, 2.75) is 48.4 Å². The number of hydrogen-bond donors (Lipinski definition) is 3. The number of aryl methyl sites for hydroxylation is 1. The summed E-state index contributed by atoms with van der Waals surface area (Å²) >= 11 is 0. The molecular formula is C30H27F3N4O5S. The van der Waals surface area contributed by atoms with Crippen molar-refractivity contribution < 1.29 is 35.9 Å². The van der Waals surface area contributed by atoms with Crippen LogP contribution in [0.2, 0.25) is 0 Å². The Morgan fingerprint density at radius 1 is 1.02 bits per heavy atom. The van der Waals surface area contributed by atoms with Crippen molar-refractivity contribution in [3.63, 3.8) is 0 Å². The zero-order valence-corrected chi connectivity index (χ0v) is 23.6. The fraction of sp³-hybridized carbons (Fsp3) is 0.233. The second kappa shape index (κ2) is 11.2. The second-order valence-electron chi connectivity index (χ2n) is 10.2. The molecule has 9 nitrogen and oxygen atoms in total. The van der Waals surface area contributed by atoms with Gasteiger partial charge in [-0.1, -0.05) is 42.0 Å². The number of halogens is 3. The van der Waals surface area contributed by atoms with Crippen molar-refractivity contribution in [1.29, 1.82) is 0 Å². The van der Waals surface area contributed by atoms with Gasteiger partial charge in [0.1, 0.15) is 5.82 Å². The molecule has 1 saturated carbocycles. The third-order valence-electron chi connectivity index (χ3n) is 7.02. The van der Waals surface area contributed by atoms with E-state index in [4.69, 9.17) is 10.5 Å². The molecule has 224 valence electrons. The number of pyridine rings is 1. The minimum Gasteiger partial charge on any atom is -0.418 e. The Morgan fingerprint density at radius 3 is 2.47 bits per heavy atom. The summed E-state index contributed by atoms with van der Waals surface area (Å²) in [5, 5.41) is 5.82. The molecule has 0 saturated heterocycles. The van der Waals surface area contributed by atoms with Gasteiger partial charge in [0.05, 0.1) is 10.1 Å². The van der Waals surface area contributed by atoms with Crippen molar-refractivity contribution in [2.24, 2.45) is 0 Å². The molecular weight excluding hydrogens is 585 g/mol. The van der Waals surface area contributed by atoms with E-state index in [0.717, 1.165) is 0 Å². The van der Waals surface area contributed by atoms with E-state index in [1.807, 2.05) is 0 Å². The van der Waals surface area contributed by atoms with E-state index in [0.29, 0.717) is 29.2 Å². The predicted molar refractivity (Wildman–Crippen MR) is 153 cm³/mol. The minimum atomic E-state index is -5.44. The number of sulfone groups is 1. The summed E-state index contributed by atoms with van der Waals surface area (Å²) in [5.74, 6) is -3.55. The fourth-order valence-corrected chi connectivity index (χ4v) is 6.61. The van der Waals surface area contributed by atoms with E-state index in [2.05, 4.69) is 15.6 Å². The lowest BCUT2D eigenvalue weighted by molar-refractivity contribution is -0.213. The molecule has 5 rings (SSSR count). The number of nitrogens with two attached hydrogens (primary N) is 1. The van der Waals surface area contributed by atoms with Crippen LogP contribution in [0.15, 0.2) is 83.9 Å². The van der Waals surface area contributed by atoms with Gasteiger partial charge in [-0.05, 0) is 67.1 Å². The number of ether oxygens (including phenoxy) is 1. The molecule has 0 bridgehead atoms. The lowest BCUT2D eigenvalue weighted by Crippen LogP contribution is -2.54. The highest BCUT2D eigenvalue weighted by Gasteiger charge is 2.52. The first-order valence-corrected chi connectivity index (χ1v) is 14.8. The molecule has 0 radical (unpaired) electrons. The maximum atomic E-state index is 14.0. The van der Waals surface area contributed by atoms with Crippen molar-refractivity contribution in [3.8, 4) is 0 Å². The maximum absolute atomic E-state index is 14.0. The van der Waals surface area contributed by atoms with Gasteiger partial charge in [0, 0.05) is 29.4 Å². The van der Waals surface area contributed by atoms with Gasteiger partial charge in [0.25, 0.3) is 11.6 Å². The first-order chi connectivity index (χ1) is 20.3. The third-order valence-corrected chi connectivity index (χ3v) is 9.38. The number of esters is 1. The van der Waals surface area contributed by atoms with Gasteiger partial charge in [-0.15, -0.1) is 0 Å². The summed E-state index contributed by atoms with van der Waals surface area (Å²) in [6, 6.07) is 18.1. The summed E-state index contributed by atoms with van der Waals surface area (Å²) in [6.07, 6.45) is -2.96. The highest BCUT2D eigenvalue weighted by Crippen LogP contribution is 2.36. The summed E-state index contributed by atoms with van der Waals surface area (Å²) in [4.78, 5) is 30.4. The molecule has 3 aromatic carbocycles. The van der Waals surface area contributed by atoms with E-state index >= 15 is 0 Å². The van der Waals surface area contributed by atoms with Crippen LogP contribution in [0, 0.1) is 6.92 Å². The quantitative estimate of drug-likeness (QED) is 0.182. The Kier molecular flexibility index (Phi) is 7.78. The first kappa shape index (κ1) is 29.8. The minimum absolute atomic E-state index is 0.0138. The Hall–Kier alpha value is -4.65. The normalized spacial score (nSPS) is 15.0. The molecule has 1 amide bonds. The summed E-state index contributed by atoms with van der Waals surface area (Å²) in [5.41, 5.74) is 4.03. The zero-order valence-electron chi connectivity index (χ0n) is 22.8. The number of benzene rings is 3. The van der Waals surface area contributed by atoms with Gasteiger partial charge in [-0.25, -0.2) is 18.2 Å². The van der Waals surface area contributed by atoms with E-state index < -0.39 is 38.9 Å². The molecule has 1 aromatic heterocycles. The Bertz CT molecular complexity index is 1830. The van der Waals surface area contributed by atoms with Crippen LogP contribution in [0.25, 0.3) is 10.8 Å². The van der Waals surface area contributed by atoms with Gasteiger partial charge >= 0.3 is 12.1 Å². The van der Waals surface area contributed by atoms with Crippen molar-refractivity contribution in [1.82, 2.24) is 10.3 Å². The maximum Gasteiger partial charge on any atom is 0.491 e. The number of rotatable bonds is 9. The molecule has 1 atom stereocenters. The lowest BCUT2D eigenvalue weighted by Gasteiger charge is -2.34. The number of anilines is 2. The monoisotopic (exact) mass is 612 g/mol. The van der Waals surface area contributed by atoms with Crippen LogP contribution in [-0.2, 0) is 36.4 Å². The van der Waals surface area contributed by atoms with Crippen LogP contribution in [-0.4, -0.2) is 36.7 Å². The standard InChI is InChI=1S/C30H27F3N4O5S/c1-18-5-4-7-21(15-18)29(42-28(39)30(31,32)33,37-22-9-12-24-19(16-22)13-14-35-26(24)34)27(38)36-17-20-6-2-3-8-25(20)43(40,41)23-10-11-23/h2-9,12-16,23,37H,10-11,17H2,1H3,(H2,34,35)(H,36,38). The Morgan fingerprint density at radius 2 is 1.77 bits per heavy atom. The van der Waals surface area contributed by atoms with Gasteiger partial charge in [-0.3, -0.25) is 4.79 Å². The molecule has 1 fully saturated rings. The average molecular weight is 613 g/mol. The summed E-state index contributed by atoms with van der Waals surface area (Å²) in [7, 11) is -3.67. The molecule has 0 aliphatic heterocycles. The predicted octanol–water partition coefficient (Wildman–Crippen LogP) is 4.75. The number of nitrogens with one attached hydrogen (secondary N) is 2. The third kappa shape index (κ3) is 6.12. The second-order valence-corrected chi connectivity index (χ2v) is 12.4. The number of fused-ring (bicyclic) bond motifs is 1. The smallest absolute Gasteiger partial charge is 0.418 e. The number of amides is 1. The van der Waals surface area contributed by atoms with Gasteiger partial charge in [0.2, 0.25) is 0 Å². The van der Waals surface area contributed by atoms with Gasteiger partial charge in [-0.2, -0.15) is 13.2 Å². The van der Waals surface area contributed by atoms with Crippen molar-refractivity contribution in [2.75, 3.05) is 11.1 Å². The van der Waals surface area contributed by atoms with Crippen LogP contribution < -0.4 is 16.4 Å². The summed E-state index contributed by atoms with van der Waals surface area (Å²) in [6.45, 7) is 1.28. The van der Waals surface area contributed by atoms with Crippen LogP contribution >= 0.6 is 0 Å². The lowest BCUT2D eigenvalue weighted by atomic mass is 9.98. The molecule has 1 unspecified atom stereocenters. The van der Waals surface area contributed by atoms with Crippen LogP contribution in [0.5, 0.6) is 0 Å². The Balaban J connectivity index is 1.59. The number of carbonyl (C=O) groups is 2. The molecule has 4 N–H and O–H groups in total. The van der Waals surface area contributed by atoms with Crippen LogP contribution in [0.3, 0.4) is 0 Å². The largest absolute Gasteiger partial charge is 0.491 e. The summed E-state index contributed by atoms with van der Waals surface area (Å²) < 4.78 is 71.9. The number of nitrogen functional groups attached to an aromatic ring is 1. The fourth-order valence-electron chi connectivity index (χ4n) is 4.72. The van der Waals surface area contributed by atoms with Crippen LogP contribution in [0.1, 0.15) is 29.5 Å². The molecule has 1 aliphatic rings. The number of alkyl halides is 3. The molecule has 13 heteroatoms. The zero-order chi connectivity index (χ0) is 31.0. The molecule has 1 aliphatic carbocycles. The van der Waals surface area contributed by atoms with E-state index in [-0.39, 0.29) is 34.1 Å². The molecule has 0 spiro atoms. The topological polar surface area (TPSA) is 140 Å². The Labute approximate surface area is 245 Å². The number of aromatic nitrogens is 1. The number of carbonyl (C=O) groups excluding carboxylic acids is 2. The van der Waals surface area contributed by atoms with Crippen molar-refractivity contribution >= 4 is 44.0 Å². The highest BCUT2D eigenvalue weighted by molar-refractivity contribution is 7.92. The van der Waals surface area contributed by atoms with Gasteiger partial charge < -0.3 is 21.1 Å². The average Bonchev–Trinajstić information content (AvgIpc) is 3.82. The van der Waals surface area contributed by atoms with Crippen molar-refractivity contribution in [3.05, 3.63) is 95.7 Å². The van der Waals surface area contributed by atoms with Gasteiger partial charge in [0.15, 0.2) is 9.84 Å². The number of hydrogen-bond acceptors (Lipinski definition) is 8. The highest BCUT2D eigenvalue weighted by atomic mass is 32.2. The molecule has 4 aromatic rings. The van der Waals surface area contributed by atoms with E-state index in [1.165, 1.54) is 48.7 Å². The first-order valence-electron chi connectivity index (χ1n) is 13.2. The van der Waals surface area contributed by atoms with E-state index in [9.17, 15) is 31.2 Å². The number of nitrogens with zero attached hydrogens (tertiary/aromatic N) is 1. The van der Waals surface area contributed by atoms with Crippen LogP contribution in [0.4, 0.5) is 24.7 Å². The molecule has 43 heavy (non-hydrogen) atoms.